The van der Waals surface area contributed by atoms with Crippen molar-refractivity contribution in [1.29, 1.82) is 0 Å². The van der Waals surface area contributed by atoms with Crippen LogP contribution in [0.3, 0.4) is 0 Å². The summed E-state index contributed by atoms with van der Waals surface area (Å²) in [6, 6.07) is 9.20. The Labute approximate surface area is 115 Å². The second kappa shape index (κ2) is 5.31. The average molecular weight is 306 g/mol. The fourth-order valence-electron chi connectivity index (χ4n) is 1.70. The second-order valence-electron chi connectivity index (χ2n) is 4.15. The van der Waals surface area contributed by atoms with Crippen LogP contribution < -0.4 is 4.74 Å². The van der Waals surface area contributed by atoms with Crippen molar-refractivity contribution in [3.05, 3.63) is 54.1 Å². The first kappa shape index (κ1) is 15.2. The summed E-state index contributed by atoms with van der Waals surface area (Å²) in [5.41, 5.74) is 0.156. The van der Waals surface area contributed by atoms with Gasteiger partial charge in [-0.1, -0.05) is 24.3 Å². The Morgan fingerprint density at radius 3 is 1.43 bits per heavy atom. The van der Waals surface area contributed by atoms with Gasteiger partial charge in [-0.3, -0.25) is 0 Å². The molecule has 0 atom stereocenters. The summed E-state index contributed by atoms with van der Waals surface area (Å²) in [4.78, 5) is 0. The van der Waals surface area contributed by atoms with Gasteiger partial charge in [-0.2, -0.15) is 13.2 Å². The number of benzene rings is 2. The van der Waals surface area contributed by atoms with Crippen LogP contribution in [0.4, 0.5) is 26.3 Å². The zero-order chi connectivity index (χ0) is 15.7. The maximum Gasteiger partial charge on any atom is 0.573 e. The van der Waals surface area contributed by atoms with E-state index in [4.69, 9.17) is 0 Å². The molecule has 21 heavy (non-hydrogen) atoms. The van der Waals surface area contributed by atoms with Crippen molar-refractivity contribution < 1.29 is 31.1 Å². The molecule has 0 spiro atoms. The smallest absolute Gasteiger partial charge is 0.406 e. The van der Waals surface area contributed by atoms with Gasteiger partial charge < -0.3 is 4.74 Å². The van der Waals surface area contributed by atoms with Crippen LogP contribution in [0.2, 0.25) is 0 Å². The third-order valence-electron chi connectivity index (χ3n) is 2.63. The highest BCUT2D eigenvalue weighted by Crippen LogP contribution is 2.31. The Morgan fingerprint density at radius 2 is 1.05 bits per heavy atom. The highest BCUT2D eigenvalue weighted by atomic mass is 19.4. The van der Waals surface area contributed by atoms with Crippen molar-refractivity contribution in [3.8, 4) is 16.9 Å². The van der Waals surface area contributed by atoms with Crippen molar-refractivity contribution in [2.75, 3.05) is 0 Å². The molecule has 0 bridgehead atoms. The van der Waals surface area contributed by atoms with Gasteiger partial charge in [-0.15, -0.1) is 13.2 Å². The molecule has 0 aliphatic rings. The van der Waals surface area contributed by atoms with Gasteiger partial charge in [0.25, 0.3) is 0 Å². The van der Waals surface area contributed by atoms with Crippen molar-refractivity contribution in [3.63, 3.8) is 0 Å². The zero-order valence-corrected chi connectivity index (χ0v) is 10.3. The largest absolute Gasteiger partial charge is 0.573 e. The van der Waals surface area contributed by atoms with E-state index < -0.39 is 23.9 Å². The molecule has 0 aliphatic heterocycles. The van der Waals surface area contributed by atoms with E-state index in [1.165, 1.54) is 24.3 Å². The minimum Gasteiger partial charge on any atom is -0.406 e. The van der Waals surface area contributed by atoms with Crippen LogP contribution in [0.15, 0.2) is 48.5 Å². The number of hydrogen-bond donors (Lipinski definition) is 0. The molecular formula is C14H8F6O. The average Bonchev–Trinajstić information content (AvgIpc) is 2.37. The molecule has 0 unspecified atom stereocenters. The number of rotatable bonds is 2. The van der Waals surface area contributed by atoms with E-state index in [-0.39, 0.29) is 0 Å². The van der Waals surface area contributed by atoms with Crippen LogP contribution in [-0.2, 0) is 6.18 Å². The minimum atomic E-state index is -4.78. The number of hydrogen-bond acceptors (Lipinski definition) is 1. The first-order valence-corrected chi connectivity index (χ1v) is 5.68. The fourth-order valence-corrected chi connectivity index (χ4v) is 1.70. The Hall–Kier alpha value is -2.18. The van der Waals surface area contributed by atoms with Gasteiger partial charge >= 0.3 is 12.5 Å². The van der Waals surface area contributed by atoms with Crippen molar-refractivity contribution in [2.45, 2.75) is 12.5 Å². The van der Waals surface area contributed by atoms with E-state index in [1.54, 1.807) is 0 Å². The lowest BCUT2D eigenvalue weighted by atomic mass is 10.0. The molecule has 2 rings (SSSR count). The van der Waals surface area contributed by atoms with Crippen LogP contribution in [0, 0.1) is 0 Å². The van der Waals surface area contributed by atoms with Gasteiger partial charge in [0.05, 0.1) is 5.56 Å². The molecule has 0 fully saturated rings. The molecule has 0 aromatic heterocycles. The lowest BCUT2D eigenvalue weighted by molar-refractivity contribution is -0.274. The van der Waals surface area contributed by atoms with E-state index in [9.17, 15) is 26.3 Å². The van der Waals surface area contributed by atoms with Crippen LogP contribution >= 0.6 is 0 Å². The van der Waals surface area contributed by atoms with Gasteiger partial charge in [0.1, 0.15) is 5.75 Å². The molecule has 0 N–H and O–H groups in total. The normalized spacial score (nSPS) is 12.3. The molecule has 7 heteroatoms. The lowest BCUT2D eigenvalue weighted by Gasteiger charge is -2.10. The summed E-state index contributed by atoms with van der Waals surface area (Å²) in [6.07, 6.45) is -9.21. The quantitative estimate of drug-likeness (QED) is 0.687. The summed E-state index contributed by atoms with van der Waals surface area (Å²) in [7, 11) is 0. The summed E-state index contributed by atoms with van der Waals surface area (Å²) < 4.78 is 76.9. The Morgan fingerprint density at radius 1 is 0.619 bits per heavy atom. The van der Waals surface area contributed by atoms with Gasteiger partial charge in [0, 0.05) is 0 Å². The number of ether oxygens (including phenoxy) is 1. The Bertz CT molecular complexity index is 595. The maximum absolute atomic E-state index is 12.4. The van der Waals surface area contributed by atoms with E-state index >= 15 is 0 Å². The Kier molecular flexibility index (Phi) is 3.85. The topological polar surface area (TPSA) is 9.23 Å². The zero-order valence-electron chi connectivity index (χ0n) is 10.3. The molecule has 112 valence electrons. The number of alkyl halides is 6. The summed E-state index contributed by atoms with van der Waals surface area (Å²) in [5.74, 6) is -0.391. The van der Waals surface area contributed by atoms with Gasteiger partial charge in [0.15, 0.2) is 0 Å². The molecule has 0 saturated carbocycles. The summed E-state index contributed by atoms with van der Waals surface area (Å²) in [6.45, 7) is 0. The van der Waals surface area contributed by atoms with Crippen LogP contribution in [-0.4, -0.2) is 6.36 Å². The second-order valence-corrected chi connectivity index (χ2v) is 4.15. The molecule has 0 saturated heterocycles. The van der Waals surface area contributed by atoms with E-state index in [0.717, 1.165) is 24.3 Å². The monoisotopic (exact) mass is 306 g/mol. The molecule has 2 aromatic carbocycles. The van der Waals surface area contributed by atoms with E-state index in [2.05, 4.69) is 4.74 Å². The molecule has 0 heterocycles. The van der Waals surface area contributed by atoms with Crippen molar-refractivity contribution in [1.82, 2.24) is 0 Å². The summed E-state index contributed by atoms with van der Waals surface area (Å²) in [5, 5.41) is 0. The van der Waals surface area contributed by atoms with Gasteiger partial charge in [-0.05, 0) is 35.4 Å². The van der Waals surface area contributed by atoms with Gasteiger partial charge in [-0.25, -0.2) is 0 Å². The fraction of sp³-hybridized carbons (Fsp3) is 0.143. The highest BCUT2D eigenvalue weighted by Gasteiger charge is 2.31. The van der Waals surface area contributed by atoms with Crippen molar-refractivity contribution in [2.24, 2.45) is 0 Å². The van der Waals surface area contributed by atoms with Crippen molar-refractivity contribution >= 4 is 0 Å². The number of halogens is 6. The van der Waals surface area contributed by atoms with Gasteiger partial charge in [0.2, 0.25) is 0 Å². The highest BCUT2D eigenvalue weighted by molar-refractivity contribution is 5.64. The molecular weight excluding hydrogens is 298 g/mol. The molecule has 1 nitrogen and oxygen atoms in total. The lowest BCUT2D eigenvalue weighted by Crippen LogP contribution is -2.16. The molecule has 0 amide bonds. The Balaban J connectivity index is 2.19. The molecule has 0 aliphatic carbocycles. The first-order chi connectivity index (χ1) is 9.65. The standard InChI is InChI=1S/C14H8F6O/c15-13(16,17)11-5-1-9(2-6-11)10-3-7-12(8-4-10)21-14(18,19)20/h1-8H. The molecule has 0 radical (unpaired) electrons. The van der Waals surface area contributed by atoms with E-state index in [0.29, 0.717) is 11.1 Å². The van der Waals surface area contributed by atoms with Crippen LogP contribution in [0.5, 0.6) is 5.75 Å². The first-order valence-electron chi connectivity index (χ1n) is 5.68. The minimum absolute atomic E-state index is 0.391. The SMILES string of the molecule is FC(F)(F)Oc1ccc(-c2ccc(C(F)(F)F)cc2)cc1. The predicted molar refractivity (Wildman–Crippen MR) is 63.6 cm³/mol. The predicted octanol–water partition coefficient (Wildman–Crippen LogP) is 5.27. The third-order valence-corrected chi connectivity index (χ3v) is 2.63. The van der Waals surface area contributed by atoms with Crippen LogP contribution in [0.25, 0.3) is 11.1 Å². The third kappa shape index (κ3) is 4.14. The van der Waals surface area contributed by atoms with E-state index in [1.807, 2.05) is 0 Å². The molecule has 2 aromatic rings. The summed E-state index contributed by atoms with van der Waals surface area (Å²) >= 11 is 0. The van der Waals surface area contributed by atoms with Crippen LogP contribution in [0.1, 0.15) is 5.56 Å². The maximum atomic E-state index is 12.4.